The van der Waals surface area contributed by atoms with E-state index in [-0.39, 0.29) is 5.91 Å². The lowest BCUT2D eigenvalue weighted by molar-refractivity contribution is -0.122. The number of carbonyl (C=O) groups is 1. The second-order valence-electron chi connectivity index (χ2n) is 5.65. The van der Waals surface area contributed by atoms with Crippen LogP contribution in [0.25, 0.3) is 0 Å². The maximum atomic E-state index is 12.4. The molecule has 0 aromatic heterocycles. The molecule has 3 nitrogen and oxygen atoms in total. The molecule has 0 heterocycles. The lowest BCUT2D eigenvalue weighted by Gasteiger charge is -2.18. The molecule has 122 valence electrons. The molecule has 0 radical (unpaired) electrons. The Hall–Kier alpha value is -1.94. The Labute approximate surface area is 142 Å². The lowest BCUT2D eigenvalue weighted by atomic mass is 10.1. The molecule has 1 N–H and O–H groups in total. The Bertz CT molecular complexity index is 713. The number of para-hydroxylation sites is 1. The number of carbonyl (C=O) groups excluding carboxylic acids is 1. The smallest absolute Gasteiger partial charge is 0.265 e. The summed E-state index contributed by atoms with van der Waals surface area (Å²) in [7, 11) is 0. The molecule has 0 unspecified atom stereocenters. The van der Waals surface area contributed by atoms with E-state index in [1.165, 1.54) is 5.56 Å². The summed E-state index contributed by atoms with van der Waals surface area (Å²) in [4.78, 5) is 13.5. The van der Waals surface area contributed by atoms with Crippen LogP contribution in [0.15, 0.2) is 41.3 Å². The predicted molar refractivity (Wildman–Crippen MR) is 97.6 cm³/mol. The molecular formula is C19H23NO2S. The van der Waals surface area contributed by atoms with Gasteiger partial charge >= 0.3 is 0 Å². The molecule has 23 heavy (non-hydrogen) atoms. The van der Waals surface area contributed by atoms with Crippen molar-refractivity contribution in [2.45, 2.75) is 38.7 Å². The summed E-state index contributed by atoms with van der Waals surface area (Å²) in [5.74, 6) is 0.619. The largest absolute Gasteiger partial charge is 0.481 e. The monoisotopic (exact) mass is 329 g/mol. The van der Waals surface area contributed by atoms with Crippen LogP contribution in [0.2, 0.25) is 0 Å². The van der Waals surface area contributed by atoms with Gasteiger partial charge in [-0.1, -0.05) is 18.2 Å². The molecular weight excluding hydrogens is 306 g/mol. The number of rotatable bonds is 5. The fourth-order valence-corrected chi connectivity index (χ4v) is 2.90. The number of nitrogens with one attached hydrogen (secondary N) is 1. The standard InChI is InChI=1S/C19H23NO2S/c1-12-10-13(2)14(3)17(11-12)22-15(4)19(21)20-16-8-6-7-9-18(16)23-5/h6-11,15H,1-5H3,(H,20,21)/t15-/m0/s1. The minimum absolute atomic E-state index is 0.148. The van der Waals surface area contributed by atoms with Crippen LogP contribution in [0.4, 0.5) is 5.69 Å². The number of ether oxygens (including phenoxy) is 1. The first-order chi connectivity index (χ1) is 10.9. The van der Waals surface area contributed by atoms with Gasteiger partial charge < -0.3 is 10.1 Å². The van der Waals surface area contributed by atoms with E-state index in [2.05, 4.69) is 18.3 Å². The zero-order valence-electron chi connectivity index (χ0n) is 14.3. The molecule has 2 aromatic carbocycles. The topological polar surface area (TPSA) is 38.3 Å². The maximum Gasteiger partial charge on any atom is 0.265 e. The van der Waals surface area contributed by atoms with E-state index in [4.69, 9.17) is 4.74 Å². The number of aryl methyl sites for hydroxylation is 2. The van der Waals surface area contributed by atoms with Gasteiger partial charge in [-0.2, -0.15) is 0 Å². The van der Waals surface area contributed by atoms with Crippen molar-refractivity contribution >= 4 is 23.4 Å². The van der Waals surface area contributed by atoms with Gasteiger partial charge in [0.1, 0.15) is 5.75 Å². The third kappa shape index (κ3) is 4.29. The first-order valence-corrected chi connectivity index (χ1v) is 8.83. The first kappa shape index (κ1) is 17.4. The van der Waals surface area contributed by atoms with E-state index in [9.17, 15) is 4.79 Å². The van der Waals surface area contributed by atoms with Crippen molar-refractivity contribution in [2.75, 3.05) is 11.6 Å². The molecule has 0 aliphatic rings. The Morgan fingerprint density at radius 1 is 1.17 bits per heavy atom. The van der Waals surface area contributed by atoms with Crippen LogP contribution in [-0.2, 0) is 4.79 Å². The number of hydrogen-bond acceptors (Lipinski definition) is 3. The van der Waals surface area contributed by atoms with Crippen molar-refractivity contribution in [1.29, 1.82) is 0 Å². The summed E-state index contributed by atoms with van der Waals surface area (Å²) in [5.41, 5.74) is 4.18. The second kappa shape index (κ2) is 7.55. The molecule has 0 fully saturated rings. The number of thioether (sulfide) groups is 1. The van der Waals surface area contributed by atoms with Gasteiger partial charge in [-0.15, -0.1) is 11.8 Å². The molecule has 4 heteroatoms. The Morgan fingerprint density at radius 2 is 1.87 bits per heavy atom. The van der Waals surface area contributed by atoms with Crippen molar-refractivity contribution in [3.05, 3.63) is 53.1 Å². The molecule has 0 saturated heterocycles. The molecule has 0 saturated carbocycles. The zero-order valence-corrected chi connectivity index (χ0v) is 15.1. The van der Waals surface area contributed by atoms with Gasteiger partial charge in [0.15, 0.2) is 6.10 Å². The lowest BCUT2D eigenvalue weighted by Crippen LogP contribution is -2.30. The molecule has 0 bridgehead atoms. The van der Waals surface area contributed by atoms with Crippen LogP contribution < -0.4 is 10.1 Å². The van der Waals surface area contributed by atoms with Gasteiger partial charge in [-0.25, -0.2) is 0 Å². The normalized spacial score (nSPS) is 11.9. The quantitative estimate of drug-likeness (QED) is 0.805. The molecule has 0 aliphatic heterocycles. The average molecular weight is 329 g/mol. The van der Waals surface area contributed by atoms with Gasteiger partial charge in [0.2, 0.25) is 0 Å². The number of anilines is 1. The number of hydrogen-bond donors (Lipinski definition) is 1. The van der Waals surface area contributed by atoms with E-state index in [0.29, 0.717) is 0 Å². The minimum Gasteiger partial charge on any atom is -0.481 e. The first-order valence-electron chi connectivity index (χ1n) is 7.60. The highest BCUT2D eigenvalue weighted by Gasteiger charge is 2.17. The molecule has 1 amide bonds. The molecule has 0 spiro atoms. The Kier molecular flexibility index (Phi) is 5.72. The summed E-state index contributed by atoms with van der Waals surface area (Å²) < 4.78 is 5.90. The van der Waals surface area contributed by atoms with E-state index >= 15 is 0 Å². The van der Waals surface area contributed by atoms with Crippen LogP contribution >= 0.6 is 11.8 Å². The zero-order chi connectivity index (χ0) is 17.0. The molecule has 2 aromatic rings. The Morgan fingerprint density at radius 3 is 2.57 bits per heavy atom. The van der Waals surface area contributed by atoms with Gasteiger partial charge in [0, 0.05) is 4.90 Å². The van der Waals surface area contributed by atoms with E-state index < -0.39 is 6.10 Å². The van der Waals surface area contributed by atoms with E-state index in [1.807, 2.05) is 50.4 Å². The summed E-state index contributed by atoms with van der Waals surface area (Å²) in [6.45, 7) is 7.86. The maximum absolute atomic E-state index is 12.4. The minimum atomic E-state index is -0.565. The van der Waals surface area contributed by atoms with Crippen LogP contribution in [0.3, 0.4) is 0 Å². The number of benzene rings is 2. The SMILES string of the molecule is CSc1ccccc1NC(=O)[C@H](C)Oc1cc(C)cc(C)c1C. The summed E-state index contributed by atoms with van der Waals surface area (Å²) >= 11 is 1.60. The van der Waals surface area contributed by atoms with Crippen LogP contribution in [0.1, 0.15) is 23.6 Å². The van der Waals surface area contributed by atoms with Crippen molar-refractivity contribution in [3.63, 3.8) is 0 Å². The Balaban J connectivity index is 2.12. The van der Waals surface area contributed by atoms with Crippen molar-refractivity contribution in [3.8, 4) is 5.75 Å². The third-order valence-electron chi connectivity index (χ3n) is 3.80. The van der Waals surface area contributed by atoms with E-state index in [1.54, 1.807) is 18.7 Å². The van der Waals surface area contributed by atoms with Crippen LogP contribution in [0, 0.1) is 20.8 Å². The van der Waals surface area contributed by atoms with Crippen molar-refractivity contribution in [2.24, 2.45) is 0 Å². The van der Waals surface area contributed by atoms with Gasteiger partial charge in [-0.05, 0) is 68.8 Å². The predicted octanol–water partition coefficient (Wildman–Crippen LogP) is 4.74. The fraction of sp³-hybridized carbons (Fsp3) is 0.316. The van der Waals surface area contributed by atoms with Gasteiger partial charge in [0.25, 0.3) is 5.91 Å². The molecule has 1 atom stereocenters. The van der Waals surface area contributed by atoms with Crippen molar-refractivity contribution < 1.29 is 9.53 Å². The highest BCUT2D eigenvalue weighted by atomic mass is 32.2. The summed E-state index contributed by atoms with van der Waals surface area (Å²) in [5, 5.41) is 2.95. The summed E-state index contributed by atoms with van der Waals surface area (Å²) in [6, 6.07) is 11.8. The molecule has 0 aliphatic carbocycles. The number of amides is 1. The van der Waals surface area contributed by atoms with E-state index in [0.717, 1.165) is 27.5 Å². The van der Waals surface area contributed by atoms with Crippen molar-refractivity contribution in [1.82, 2.24) is 0 Å². The van der Waals surface area contributed by atoms with Crippen LogP contribution in [-0.4, -0.2) is 18.3 Å². The second-order valence-corrected chi connectivity index (χ2v) is 6.50. The van der Waals surface area contributed by atoms with Gasteiger partial charge in [-0.3, -0.25) is 4.79 Å². The van der Waals surface area contributed by atoms with Crippen LogP contribution in [0.5, 0.6) is 5.75 Å². The highest BCUT2D eigenvalue weighted by molar-refractivity contribution is 7.98. The average Bonchev–Trinajstić information content (AvgIpc) is 2.52. The van der Waals surface area contributed by atoms with Gasteiger partial charge in [0.05, 0.1) is 5.69 Å². The highest BCUT2D eigenvalue weighted by Crippen LogP contribution is 2.26. The fourth-order valence-electron chi connectivity index (χ4n) is 2.35. The summed E-state index contributed by atoms with van der Waals surface area (Å²) in [6.07, 6.45) is 1.42. The molecule has 2 rings (SSSR count). The third-order valence-corrected chi connectivity index (χ3v) is 4.60.